The first-order valence-electron chi connectivity index (χ1n) is 9.76. The van der Waals surface area contributed by atoms with E-state index < -0.39 is 0 Å². The minimum absolute atomic E-state index is 0.0532. The number of aromatic nitrogens is 2. The van der Waals surface area contributed by atoms with Crippen LogP contribution in [0, 0.1) is 5.92 Å². The van der Waals surface area contributed by atoms with Crippen molar-refractivity contribution >= 4 is 11.8 Å². The van der Waals surface area contributed by atoms with Crippen molar-refractivity contribution in [3.05, 3.63) is 60.2 Å². The summed E-state index contributed by atoms with van der Waals surface area (Å²) in [7, 11) is 0. The Morgan fingerprint density at radius 1 is 0.964 bits per heavy atom. The molecule has 0 radical (unpaired) electrons. The van der Waals surface area contributed by atoms with Gasteiger partial charge in [0, 0.05) is 77.0 Å². The van der Waals surface area contributed by atoms with E-state index in [9.17, 15) is 9.59 Å². The highest BCUT2D eigenvalue weighted by Crippen LogP contribution is 2.23. The van der Waals surface area contributed by atoms with Gasteiger partial charge in [-0.2, -0.15) is 0 Å². The summed E-state index contributed by atoms with van der Waals surface area (Å²) in [4.78, 5) is 39.6. The second-order valence-corrected chi connectivity index (χ2v) is 7.50. The maximum Gasteiger partial charge on any atom is 0.228 e. The molecule has 4 rings (SSSR count). The highest BCUT2D eigenvalue weighted by molar-refractivity contribution is 5.89. The van der Waals surface area contributed by atoms with Gasteiger partial charge in [0.2, 0.25) is 11.8 Å². The maximum absolute atomic E-state index is 12.9. The first-order chi connectivity index (χ1) is 13.7. The number of hydrogen-bond donors (Lipinski definition) is 0. The minimum Gasteiger partial charge on any atom is -0.340 e. The van der Waals surface area contributed by atoms with Gasteiger partial charge in [0.15, 0.2) is 0 Å². The van der Waals surface area contributed by atoms with Crippen LogP contribution in [-0.4, -0.2) is 69.2 Å². The van der Waals surface area contributed by atoms with E-state index in [-0.39, 0.29) is 17.7 Å². The van der Waals surface area contributed by atoms with Crippen LogP contribution >= 0.6 is 0 Å². The molecule has 2 saturated heterocycles. The molecule has 0 spiro atoms. The van der Waals surface area contributed by atoms with Crippen LogP contribution in [0.2, 0.25) is 0 Å². The molecule has 2 aromatic rings. The van der Waals surface area contributed by atoms with Crippen molar-refractivity contribution in [2.75, 3.05) is 32.7 Å². The van der Waals surface area contributed by atoms with Gasteiger partial charge in [0.25, 0.3) is 0 Å². The molecule has 4 heterocycles. The van der Waals surface area contributed by atoms with E-state index in [1.54, 1.807) is 23.5 Å². The second-order valence-electron chi connectivity index (χ2n) is 7.50. The number of likely N-dealkylation sites (tertiary alicyclic amines) is 1. The number of amides is 2. The summed E-state index contributed by atoms with van der Waals surface area (Å²) in [6.07, 6.45) is 7.47. The van der Waals surface area contributed by atoms with Gasteiger partial charge >= 0.3 is 0 Å². The monoisotopic (exact) mass is 379 g/mol. The maximum atomic E-state index is 12.9. The Hall–Kier alpha value is -2.80. The van der Waals surface area contributed by atoms with Gasteiger partial charge in [-0.1, -0.05) is 12.1 Å². The molecule has 2 aliphatic heterocycles. The third-order valence-corrected chi connectivity index (χ3v) is 5.47. The number of rotatable bonds is 5. The van der Waals surface area contributed by atoms with Gasteiger partial charge in [-0.3, -0.25) is 24.5 Å². The van der Waals surface area contributed by atoms with Crippen molar-refractivity contribution in [3.63, 3.8) is 0 Å². The lowest BCUT2D eigenvalue weighted by atomic mass is 10.1. The first kappa shape index (κ1) is 18.6. The van der Waals surface area contributed by atoms with Crippen LogP contribution < -0.4 is 0 Å². The standard InChI is InChI=1S/C21H25N5O2/c27-20-11-19(16-26(20)15-18-4-2-6-23-13-18)21(28)25-9-7-24(8-10-25)14-17-3-1-5-22-12-17/h1-6,12-13,19H,7-11,14-16H2. The van der Waals surface area contributed by atoms with Crippen molar-refractivity contribution in [2.45, 2.75) is 19.5 Å². The Labute approximate surface area is 165 Å². The zero-order chi connectivity index (χ0) is 19.3. The summed E-state index contributed by atoms with van der Waals surface area (Å²) >= 11 is 0. The molecular formula is C21H25N5O2. The van der Waals surface area contributed by atoms with Gasteiger partial charge in [0.1, 0.15) is 0 Å². The predicted molar refractivity (Wildman–Crippen MR) is 104 cm³/mol. The fraction of sp³-hybridized carbons (Fsp3) is 0.429. The largest absolute Gasteiger partial charge is 0.340 e. The van der Waals surface area contributed by atoms with Crippen molar-refractivity contribution in [1.82, 2.24) is 24.7 Å². The predicted octanol–water partition coefficient (Wildman–Crippen LogP) is 1.17. The molecule has 2 aliphatic rings. The molecule has 0 aromatic carbocycles. The van der Waals surface area contributed by atoms with Crippen molar-refractivity contribution in [3.8, 4) is 0 Å². The molecule has 1 unspecified atom stereocenters. The third-order valence-electron chi connectivity index (χ3n) is 5.47. The van der Waals surface area contributed by atoms with E-state index in [4.69, 9.17) is 0 Å². The molecule has 0 aliphatic carbocycles. The fourth-order valence-electron chi connectivity index (χ4n) is 3.94. The van der Waals surface area contributed by atoms with E-state index in [1.165, 1.54) is 5.56 Å². The average molecular weight is 379 g/mol. The lowest BCUT2D eigenvalue weighted by Crippen LogP contribution is -2.50. The minimum atomic E-state index is -0.228. The van der Waals surface area contributed by atoms with Crippen molar-refractivity contribution < 1.29 is 9.59 Å². The van der Waals surface area contributed by atoms with Gasteiger partial charge in [-0.25, -0.2) is 0 Å². The normalized spacial score (nSPS) is 20.6. The average Bonchev–Trinajstić information content (AvgIpc) is 3.10. The van der Waals surface area contributed by atoms with Crippen LogP contribution in [0.5, 0.6) is 0 Å². The molecule has 0 saturated carbocycles. The summed E-state index contributed by atoms with van der Waals surface area (Å²) < 4.78 is 0. The fourth-order valence-corrected chi connectivity index (χ4v) is 3.94. The number of carbonyl (C=O) groups excluding carboxylic acids is 2. The molecule has 2 fully saturated rings. The highest BCUT2D eigenvalue weighted by Gasteiger charge is 2.37. The number of pyridine rings is 2. The molecule has 7 heteroatoms. The summed E-state index contributed by atoms with van der Waals surface area (Å²) in [6, 6.07) is 7.84. The van der Waals surface area contributed by atoms with Crippen LogP contribution in [-0.2, 0) is 22.7 Å². The SMILES string of the molecule is O=C1CC(C(=O)N2CCN(Cc3cccnc3)CC2)CN1Cc1cccnc1. The van der Waals surface area contributed by atoms with E-state index >= 15 is 0 Å². The van der Waals surface area contributed by atoms with Gasteiger partial charge in [-0.05, 0) is 23.3 Å². The second kappa shape index (κ2) is 8.48. The number of nitrogens with zero attached hydrogens (tertiary/aromatic N) is 5. The Morgan fingerprint density at radius 3 is 2.21 bits per heavy atom. The quantitative estimate of drug-likeness (QED) is 0.780. The Balaban J connectivity index is 1.28. The number of hydrogen-bond acceptors (Lipinski definition) is 5. The van der Waals surface area contributed by atoms with Crippen LogP contribution in [0.15, 0.2) is 49.1 Å². The molecule has 0 bridgehead atoms. The molecule has 2 aromatic heterocycles. The first-order valence-corrected chi connectivity index (χ1v) is 9.76. The Morgan fingerprint density at radius 2 is 1.61 bits per heavy atom. The van der Waals surface area contributed by atoms with E-state index in [1.807, 2.05) is 29.3 Å². The summed E-state index contributed by atoms with van der Waals surface area (Å²) in [6.45, 7) is 5.01. The van der Waals surface area contributed by atoms with E-state index in [0.717, 1.165) is 25.2 Å². The van der Waals surface area contributed by atoms with Crippen LogP contribution in [0.25, 0.3) is 0 Å². The lowest BCUT2D eigenvalue weighted by Gasteiger charge is -2.35. The molecule has 1 atom stereocenters. The Bertz CT molecular complexity index is 806. The third kappa shape index (κ3) is 4.36. The summed E-state index contributed by atoms with van der Waals surface area (Å²) in [5.74, 6) is -0.0606. The number of piperazine rings is 1. The summed E-state index contributed by atoms with van der Waals surface area (Å²) in [5, 5.41) is 0. The topological polar surface area (TPSA) is 69.6 Å². The molecule has 0 N–H and O–H groups in total. The highest BCUT2D eigenvalue weighted by atomic mass is 16.2. The van der Waals surface area contributed by atoms with E-state index in [0.29, 0.717) is 32.6 Å². The molecule has 28 heavy (non-hydrogen) atoms. The molecule has 146 valence electrons. The van der Waals surface area contributed by atoms with E-state index in [2.05, 4.69) is 20.9 Å². The Kier molecular flexibility index (Phi) is 5.62. The van der Waals surface area contributed by atoms with Crippen molar-refractivity contribution in [2.24, 2.45) is 5.92 Å². The number of carbonyl (C=O) groups is 2. The van der Waals surface area contributed by atoms with Crippen LogP contribution in [0.4, 0.5) is 0 Å². The zero-order valence-electron chi connectivity index (χ0n) is 15.9. The van der Waals surface area contributed by atoms with Gasteiger partial charge in [0.05, 0.1) is 5.92 Å². The lowest BCUT2D eigenvalue weighted by molar-refractivity contribution is -0.137. The smallest absolute Gasteiger partial charge is 0.228 e. The zero-order valence-corrected chi connectivity index (χ0v) is 15.9. The van der Waals surface area contributed by atoms with Gasteiger partial charge < -0.3 is 9.80 Å². The molecule has 7 nitrogen and oxygen atoms in total. The van der Waals surface area contributed by atoms with Crippen molar-refractivity contribution in [1.29, 1.82) is 0 Å². The van der Waals surface area contributed by atoms with Crippen LogP contribution in [0.3, 0.4) is 0 Å². The summed E-state index contributed by atoms with van der Waals surface area (Å²) in [5.41, 5.74) is 2.18. The molecular weight excluding hydrogens is 354 g/mol. The van der Waals surface area contributed by atoms with Crippen LogP contribution in [0.1, 0.15) is 17.5 Å². The van der Waals surface area contributed by atoms with Gasteiger partial charge in [-0.15, -0.1) is 0 Å². The molecule has 2 amide bonds.